The third kappa shape index (κ3) is 33.6. The first-order valence-corrected chi connectivity index (χ1v) is 43.2. The third-order valence-corrected chi connectivity index (χ3v) is 21.5. The highest BCUT2D eigenvalue weighted by molar-refractivity contribution is 5.91. The number of rotatable bonds is 54. The Kier molecular flexibility index (Phi) is 44.2. The highest BCUT2D eigenvalue weighted by Gasteiger charge is 2.64. The first-order chi connectivity index (χ1) is 57.9. The Morgan fingerprint density at radius 3 is 1.38 bits per heavy atom. The van der Waals surface area contributed by atoms with E-state index >= 15 is 14.4 Å². The maximum Gasteiger partial charge on any atom is 0.366 e. The second kappa shape index (κ2) is 53.9. The zero-order valence-corrected chi connectivity index (χ0v) is 71.6. The first-order valence-electron chi connectivity index (χ1n) is 43.2. The number of ether oxygens (including phenoxy) is 15. The summed E-state index contributed by atoms with van der Waals surface area (Å²) in [6.07, 6.45) is 4.07. The minimum Gasteiger partial charge on any atom is -0.465 e. The fourth-order valence-electron chi connectivity index (χ4n) is 15.5. The van der Waals surface area contributed by atoms with Gasteiger partial charge in [-0.2, -0.15) is 0 Å². The molecule has 3 aliphatic heterocycles. The predicted octanol–water partition coefficient (Wildman–Crippen LogP) is 13.9. The lowest BCUT2D eigenvalue weighted by molar-refractivity contribution is -0.382. The van der Waals surface area contributed by atoms with Gasteiger partial charge in [0, 0.05) is 41.5 Å². The van der Waals surface area contributed by atoms with Crippen LogP contribution in [-0.4, -0.2) is 196 Å². The van der Waals surface area contributed by atoms with E-state index in [1.807, 2.05) is 30.3 Å². The summed E-state index contributed by atoms with van der Waals surface area (Å²) in [5.74, 6) is -13.4. The summed E-state index contributed by atoms with van der Waals surface area (Å²) in [4.78, 5) is 141. The second-order valence-electron chi connectivity index (χ2n) is 31.4. The minimum atomic E-state index is -3.21. The van der Waals surface area contributed by atoms with Crippen molar-refractivity contribution in [3.8, 4) is 0 Å². The van der Waals surface area contributed by atoms with Crippen LogP contribution in [0.2, 0.25) is 0 Å². The first kappa shape index (κ1) is 98.4. The number of aliphatic hydroxyl groups is 1. The number of unbranched alkanes of at least 4 members (excludes halogenated alkanes) is 22. The van der Waals surface area contributed by atoms with Crippen molar-refractivity contribution in [2.75, 3.05) is 33.5 Å². The van der Waals surface area contributed by atoms with Gasteiger partial charge in [-0.05, 0) is 60.7 Å². The number of esters is 8. The predicted molar refractivity (Wildman–Crippen MR) is 441 cm³/mol. The summed E-state index contributed by atoms with van der Waals surface area (Å²) in [5.41, 5.74) is 0.590. The molecule has 0 spiro atoms. The molecule has 3 N–H and O–H groups in total. The van der Waals surface area contributed by atoms with Gasteiger partial charge in [0.05, 0.1) is 56.1 Å². The molecule has 0 bridgehead atoms. The standard InChI is InChI=1S/C92H130N2O26/c1-10-12-14-16-18-20-22-24-26-28-30-36-48-69(49-37-31-29-27-25-23-21-19-17-15-13-11-2)58-110-89-78(94-63(4)96)79(101)80(74(114-89)59-107-57-68-46-38-32-39-47-68)118-90-85(117-88(104)72-54-44-35-45-55-72)84(82(116-87(103)71-52-42-34-43-53-71)76(115-90)61-109-86(102)70-50-40-33-41-51-70)120-92(91(105)106-9)56-73(111-65(6)98)77(93-62(3)95)83(119-92)81(113-67(8)100)75(112-66(7)99)60-108-64(5)97/h32-35,38-47,50-55,69,73-85,89-90,101H,10-31,36-37,48-49,56-61H2,1-9H3,(H,93,95)(H,94,96)/t73-,74+,75+,76+,77+,78+,79+,80+,81+,82-,83+,84-,85+,89+,90-,92-/m0/s1. The molecule has 16 atom stereocenters. The Morgan fingerprint density at radius 1 is 0.467 bits per heavy atom. The average Bonchev–Trinajstić information content (AvgIpc) is 0.737. The number of carbonyl (C=O) groups excluding carboxylic acids is 10. The van der Waals surface area contributed by atoms with Crippen LogP contribution < -0.4 is 10.6 Å². The van der Waals surface area contributed by atoms with Crippen LogP contribution in [0, 0.1) is 5.92 Å². The molecule has 0 radical (unpaired) electrons. The van der Waals surface area contributed by atoms with Crippen molar-refractivity contribution in [1.29, 1.82) is 0 Å². The van der Waals surface area contributed by atoms with E-state index in [0.717, 1.165) is 112 Å². The van der Waals surface area contributed by atoms with Gasteiger partial charge in [0.25, 0.3) is 5.79 Å². The highest BCUT2D eigenvalue weighted by Crippen LogP contribution is 2.43. The Bertz CT molecular complexity index is 3680. The monoisotopic (exact) mass is 1680 g/mol. The lowest BCUT2D eigenvalue weighted by Crippen LogP contribution is -2.72. The van der Waals surface area contributed by atoms with Crippen LogP contribution in [0.4, 0.5) is 0 Å². The van der Waals surface area contributed by atoms with E-state index in [1.165, 1.54) is 170 Å². The molecule has 3 saturated heterocycles. The SMILES string of the molecule is CCCCCCCCCCCCCCC(CCCCCCCCCCCCCC)CO[C@@H]1O[C@H](COCc2ccccc2)[C@@H](O[C@@H]2O[C@H](COC(=O)c3ccccc3)[C@H](OC(=O)c3ccccc3)[C@H](O[C@]3(C(=O)OC)C[C@H](OC(C)=O)[C@@H](NC(C)=O)[C@H]([C@H](OC(C)=O)[C@@H](COC(C)=O)OC(C)=O)O3)[C@H]2OC(=O)c2ccccc2)[C@H](O)[C@H]1NC(C)=O. The van der Waals surface area contributed by atoms with E-state index in [0.29, 0.717) is 0 Å². The normalized spacial score (nSPS) is 23.2. The quantitative estimate of drug-likeness (QED) is 0.0210. The fraction of sp³-hybridized carbons (Fsp3) is 0.630. The van der Waals surface area contributed by atoms with Gasteiger partial charge in [0.15, 0.2) is 37.0 Å². The van der Waals surface area contributed by atoms with Crippen molar-refractivity contribution in [3.63, 3.8) is 0 Å². The zero-order valence-electron chi connectivity index (χ0n) is 71.6. The number of carbonyl (C=O) groups is 10. The van der Waals surface area contributed by atoms with Crippen LogP contribution in [0.1, 0.15) is 265 Å². The molecule has 120 heavy (non-hydrogen) atoms. The Hall–Kier alpha value is -8.74. The van der Waals surface area contributed by atoms with Crippen molar-refractivity contribution >= 4 is 59.6 Å². The largest absolute Gasteiger partial charge is 0.465 e. The summed E-state index contributed by atoms with van der Waals surface area (Å²) in [6.45, 7) is 8.79. The van der Waals surface area contributed by atoms with E-state index in [2.05, 4.69) is 24.5 Å². The van der Waals surface area contributed by atoms with Crippen molar-refractivity contribution < 1.29 is 124 Å². The Morgan fingerprint density at radius 2 is 0.917 bits per heavy atom. The Labute approximate surface area is 707 Å². The van der Waals surface area contributed by atoms with Gasteiger partial charge in [-0.1, -0.05) is 253 Å². The molecule has 2 amide bonds. The van der Waals surface area contributed by atoms with Gasteiger partial charge in [0.1, 0.15) is 62.0 Å². The third-order valence-electron chi connectivity index (χ3n) is 21.5. The lowest BCUT2D eigenvalue weighted by Gasteiger charge is -2.52. The van der Waals surface area contributed by atoms with Crippen molar-refractivity contribution in [2.45, 2.75) is 333 Å². The van der Waals surface area contributed by atoms with E-state index in [-0.39, 0.29) is 42.4 Å². The average molecular weight is 1680 g/mol. The number of hydrogen-bond donors (Lipinski definition) is 3. The smallest absolute Gasteiger partial charge is 0.366 e. The molecule has 664 valence electrons. The van der Waals surface area contributed by atoms with Gasteiger partial charge in [-0.25, -0.2) is 19.2 Å². The van der Waals surface area contributed by atoms with Crippen LogP contribution in [0.15, 0.2) is 121 Å². The molecule has 28 nitrogen and oxygen atoms in total. The summed E-state index contributed by atoms with van der Waals surface area (Å²) >= 11 is 0. The molecule has 3 fully saturated rings. The van der Waals surface area contributed by atoms with Gasteiger partial charge < -0.3 is 86.8 Å². The minimum absolute atomic E-state index is 0.00176. The number of methoxy groups -OCH3 is 1. The number of amides is 2. The molecule has 0 aromatic heterocycles. The van der Waals surface area contributed by atoms with E-state index in [1.54, 1.807) is 30.3 Å². The van der Waals surface area contributed by atoms with Crippen LogP contribution >= 0.6 is 0 Å². The molecule has 4 aromatic carbocycles. The van der Waals surface area contributed by atoms with Crippen molar-refractivity contribution in [2.24, 2.45) is 5.92 Å². The fourth-order valence-corrected chi connectivity index (χ4v) is 15.5. The molecule has 3 heterocycles. The maximum absolute atomic E-state index is 15.6. The van der Waals surface area contributed by atoms with Gasteiger partial charge in [-0.3, -0.25) is 28.8 Å². The molecule has 4 aromatic rings. The zero-order chi connectivity index (χ0) is 86.6. The Balaban J connectivity index is 1.38. The van der Waals surface area contributed by atoms with Crippen LogP contribution in [0.3, 0.4) is 0 Å². The summed E-state index contributed by atoms with van der Waals surface area (Å²) < 4.78 is 96.2. The van der Waals surface area contributed by atoms with Gasteiger partial charge in [0.2, 0.25) is 11.8 Å². The number of nitrogens with one attached hydrogen (secondary N) is 2. The molecule has 0 aliphatic carbocycles. The summed E-state index contributed by atoms with van der Waals surface area (Å²) in [6, 6.07) is 28.7. The van der Waals surface area contributed by atoms with Crippen LogP contribution in [0.25, 0.3) is 0 Å². The number of aliphatic hydroxyl groups excluding tert-OH is 1. The van der Waals surface area contributed by atoms with Crippen LogP contribution in [-0.2, 0) is 111 Å². The van der Waals surface area contributed by atoms with Gasteiger partial charge in [-0.15, -0.1) is 0 Å². The summed E-state index contributed by atoms with van der Waals surface area (Å²) in [7, 11) is 0.910. The number of hydrogen-bond acceptors (Lipinski definition) is 26. The molecule has 28 heteroatoms. The van der Waals surface area contributed by atoms with Crippen LogP contribution in [0.5, 0.6) is 0 Å². The van der Waals surface area contributed by atoms with E-state index in [4.69, 9.17) is 71.1 Å². The number of benzene rings is 4. The van der Waals surface area contributed by atoms with Gasteiger partial charge >= 0.3 is 47.8 Å². The molecule has 0 unspecified atom stereocenters. The van der Waals surface area contributed by atoms with E-state index < -0.39 is 177 Å². The van der Waals surface area contributed by atoms with Crippen molar-refractivity contribution in [3.05, 3.63) is 144 Å². The molecule has 7 rings (SSSR count). The second-order valence-corrected chi connectivity index (χ2v) is 31.4. The molecule has 0 saturated carbocycles. The topological polar surface area (TPSA) is 353 Å². The lowest BCUT2D eigenvalue weighted by atomic mass is 9.87. The highest BCUT2D eigenvalue weighted by atomic mass is 16.8. The molecular weight excluding hydrogens is 1550 g/mol. The maximum atomic E-state index is 15.6. The van der Waals surface area contributed by atoms with E-state index in [9.17, 15) is 38.7 Å². The summed E-state index contributed by atoms with van der Waals surface area (Å²) in [5, 5.41) is 18.9. The van der Waals surface area contributed by atoms with Crippen molar-refractivity contribution in [1.82, 2.24) is 10.6 Å². The molecular formula is C92H130N2O26. The molecule has 3 aliphatic rings.